The van der Waals surface area contributed by atoms with Crippen molar-refractivity contribution < 1.29 is 9.31 Å². The van der Waals surface area contributed by atoms with Crippen molar-refractivity contribution in [1.29, 1.82) is 0 Å². The third kappa shape index (κ3) is 1.92. The molecule has 4 nitrogen and oxygen atoms in total. The Hall–Kier alpha value is -1.04. The van der Waals surface area contributed by atoms with Crippen LogP contribution >= 0.6 is 11.6 Å². The molecule has 2 aromatic heterocycles. The van der Waals surface area contributed by atoms with E-state index in [1.807, 2.05) is 32.9 Å². The average molecular weight is 265 g/mol. The Bertz CT molecular complexity index is 599. The smallest absolute Gasteiger partial charge is 0.401 e. The third-order valence-corrected chi connectivity index (χ3v) is 3.63. The second kappa shape index (κ2) is 3.98. The first kappa shape index (κ1) is 12.0. The summed E-state index contributed by atoms with van der Waals surface area (Å²) in [4.78, 5) is 7.49. The van der Waals surface area contributed by atoms with Crippen LogP contribution in [0.5, 0.6) is 0 Å². The number of halogens is 1. The van der Waals surface area contributed by atoms with Crippen molar-refractivity contribution in [1.82, 2.24) is 9.97 Å². The minimum absolute atomic E-state index is 0.0467. The molecule has 1 atom stereocenters. The molecule has 1 fully saturated rings. The van der Waals surface area contributed by atoms with Crippen LogP contribution in [0.3, 0.4) is 0 Å². The lowest BCUT2D eigenvalue weighted by Gasteiger charge is -2.21. The Labute approximate surface area is 111 Å². The summed E-state index contributed by atoms with van der Waals surface area (Å²) >= 11 is 5.91. The highest BCUT2D eigenvalue weighted by atomic mass is 35.5. The fourth-order valence-electron chi connectivity index (χ4n) is 2.02. The van der Waals surface area contributed by atoms with Crippen LogP contribution in [0.25, 0.3) is 11.0 Å². The number of aromatic amines is 1. The zero-order chi connectivity index (χ0) is 12.9. The number of fused-ring (bicyclic) bond motifs is 1. The first-order chi connectivity index (χ1) is 8.45. The van der Waals surface area contributed by atoms with E-state index < -0.39 is 0 Å². The third-order valence-electron chi connectivity index (χ3n) is 3.43. The van der Waals surface area contributed by atoms with Gasteiger partial charge in [0.05, 0.1) is 27.8 Å². The largest absolute Gasteiger partial charge is 0.511 e. The highest BCUT2D eigenvalue weighted by Crippen LogP contribution is 2.27. The van der Waals surface area contributed by atoms with Crippen LogP contribution in [0.15, 0.2) is 18.3 Å². The molecule has 6 heteroatoms. The summed E-state index contributed by atoms with van der Waals surface area (Å²) < 4.78 is 11.7. The van der Waals surface area contributed by atoms with Gasteiger partial charge in [-0.2, -0.15) is 0 Å². The number of rotatable bonds is 1. The predicted octanol–water partition coefficient (Wildman–Crippen LogP) is 2.13. The van der Waals surface area contributed by atoms with Crippen LogP contribution in [-0.4, -0.2) is 28.8 Å². The molecule has 0 saturated carbocycles. The molecule has 94 valence electrons. The number of hydrogen-bond donors (Lipinski definition) is 1. The Balaban J connectivity index is 1.96. The molecule has 0 radical (unpaired) electrons. The summed E-state index contributed by atoms with van der Waals surface area (Å²) in [5, 5.41) is 0.609. The first-order valence-corrected chi connectivity index (χ1v) is 6.31. The van der Waals surface area contributed by atoms with Crippen molar-refractivity contribution in [3.63, 3.8) is 0 Å². The number of nitrogens with one attached hydrogen (secondary N) is 1. The highest BCUT2D eigenvalue weighted by Gasteiger charge is 2.44. The molecule has 1 N–H and O–H groups in total. The normalized spacial score (nSPS) is 22.9. The van der Waals surface area contributed by atoms with E-state index in [0.717, 1.165) is 16.6 Å². The number of nitrogens with zero attached hydrogens (tertiary/aromatic N) is 1. The summed E-state index contributed by atoms with van der Waals surface area (Å²) in [5.74, 6) is 0. The Morgan fingerprint density at radius 2 is 2.22 bits per heavy atom. The molecular weight excluding hydrogens is 250 g/mol. The molecule has 3 heterocycles. The molecule has 1 saturated heterocycles. The summed E-state index contributed by atoms with van der Waals surface area (Å²) in [6.07, 6.45) is 1.68. The van der Waals surface area contributed by atoms with E-state index in [-0.39, 0.29) is 18.8 Å². The summed E-state index contributed by atoms with van der Waals surface area (Å²) in [5.41, 5.74) is 2.34. The minimum Gasteiger partial charge on any atom is -0.401 e. The molecule has 18 heavy (non-hydrogen) atoms. The summed E-state index contributed by atoms with van der Waals surface area (Å²) in [6.45, 7) is 6.06. The molecule has 2 aromatic rings. The zero-order valence-electron chi connectivity index (χ0n) is 10.5. The van der Waals surface area contributed by atoms with Crippen molar-refractivity contribution in [2.75, 3.05) is 0 Å². The Kier molecular flexibility index (Phi) is 2.66. The van der Waals surface area contributed by atoms with Crippen LogP contribution < -0.4 is 5.59 Å². The maximum Gasteiger partial charge on any atom is 0.511 e. The Morgan fingerprint density at radius 3 is 2.89 bits per heavy atom. The molecule has 3 rings (SSSR count). The van der Waals surface area contributed by atoms with Gasteiger partial charge in [-0.05, 0) is 32.9 Å². The average Bonchev–Trinajstić information content (AvgIpc) is 2.80. The molecule has 0 spiro atoms. The van der Waals surface area contributed by atoms with E-state index in [1.54, 1.807) is 6.20 Å². The van der Waals surface area contributed by atoms with E-state index in [4.69, 9.17) is 20.9 Å². The van der Waals surface area contributed by atoms with Crippen molar-refractivity contribution in [3.8, 4) is 0 Å². The van der Waals surface area contributed by atoms with Crippen LogP contribution in [0, 0.1) is 0 Å². The van der Waals surface area contributed by atoms with Crippen molar-refractivity contribution in [3.05, 3.63) is 23.4 Å². The minimum atomic E-state index is -0.372. The van der Waals surface area contributed by atoms with Gasteiger partial charge in [-0.25, -0.2) is 0 Å². The molecule has 0 aliphatic carbocycles. The SMILES string of the molecule is CC1OB(c2cc3ncc(Cl)cc3[nH]2)OC1(C)C. The second-order valence-corrected chi connectivity index (χ2v) is 5.58. The van der Waals surface area contributed by atoms with Gasteiger partial charge in [-0.15, -0.1) is 0 Å². The molecule has 0 aromatic carbocycles. The van der Waals surface area contributed by atoms with Gasteiger partial charge in [0.25, 0.3) is 0 Å². The van der Waals surface area contributed by atoms with Crippen molar-refractivity contribution in [2.24, 2.45) is 0 Å². The number of aromatic nitrogens is 2. The topological polar surface area (TPSA) is 47.1 Å². The monoisotopic (exact) mass is 264 g/mol. The number of pyridine rings is 1. The van der Waals surface area contributed by atoms with Crippen LogP contribution in [-0.2, 0) is 9.31 Å². The van der Waals surface area contributed by atoms with E-state index >= 15 is 0 Å². The number of hydrogen-bond acceptors (Lipinski definition) is 3. The highest BCUT2D eigenvalue weighted by molar-refractivity contribution is 6.61. The van der Waals surface area contributed by atoms with Crippen LogP contribution in [0.2, 0.25) is 5.02 Å². The molecule has 1 unspecified atom stereocenters. The molecular formula is C12H14BClN2O2. The lowest BCUT2D eigenvalue weighted by atomic mass is 9.85. The fourth-order valence-corrected chi connectivity index (χ4v) is 2.17. The second-order valence-electron chi connectivity index (χ2n) is 5.14. The van der Waals surface area contributed by atoms with Gasteiger partial charge in [-0.3, -0.25) is 4.98 Å². The van der Waals surface area contributed by atoms with Gasteiger partial charge in [0, 0.05) is 11.8 Å². The molecule has 1 aliphatic heterocycles. The van der Waals surface area contributed by atoms with E-state index in [0.29, 0.717) is 5.02 Å². The van der Waals surface area contributed by atoms with Crippen LogP contribution in [0.4, 0.5) is 0 Å². The summed E-state index contributed by atoms with van der Waals surface area (Å²) in [7, 11) is -0.372. The van der Waals surface area contributed by atoms with E-state index in [2.05, 4.69) is 9.97 Å². The zero-order valence-corrected chi connectivity index (χ0v) is 11.3. The lowest BCUT2D eigenvalue weighted by Crippen LogP contribution is -2.35. The molecule has 0 amide bonds. The molecule has 1 aliphatic rings. The van der Waals surface area contributed by atoms with Crippen molar-refractivity contribution in [2.45, 2.75) is 32.5 Å². The summed E-state index contributed by atoms with van der Waals surface area (Å²) in [6, 6.07) is 3.78. The van der Waals surface area contributed by atoms with E-state index in [9.17, 15) is 0 Å². The van der Waals surface area contributed by atoms with Gasteiger partial charge in [0.1, 0.15) is 0 Å². The molecule has 0 bridgehead atoms. The van der Waals surface area contributed by atoms with Crippen molar-refractivity contribution >= 4 is 35.3 Å². The Morgan fingerprint density at radius 1 is 1.44 bits per heavy atom. The maximum atomic E-state index is 5.91. The maximum absolute atomic E-state index is 5.91. The fraction of sp³-hybridized carbons (Fsp3) is 0.417. The number of H-pyrrole nitrogens is 1. The standard InChI is InChI=1S/C12H14BClN2O2/c1-7-12(2,3)18-13(17-7)11-5-9-10(16-11)4-8(14)6-15-9/h4-7,16H,1-3H3. The lowest BCUT2D eigenvalue weighted by molar-refractivity contribution is 0.0842. The van der Waals surface area contributed by atoms with Crippen LogP contribution in [0.1, 0.15) is 20.8 Å². The van der Waals surface area contributed by atoms with Gasteiger partial charge in [0.15, 0.2) is 0 Å². The van der Waals surface area contributed by atoms with E-state index in [1.165, 1.54) is 0 Å². The predicted molar refractivity (Wildman–Crippen MR) is 72.2 cm³/mol. The van der Waals surface area contributed by atoms with Gasteiger partial charge in [0.2, 0.25) is 0 Å². The van der Waals surface area contributed by atoms with Gasteiger partial charge in [-0.1, -0.05) is 11.6 Å². The van der Waals surface area contributed by atoms with Gasteiger partial charge >= 0.3 is 7.12 Å². The quantitative estimate of drug-likeness (QED) is 0.803. The first-order valence-electron chi connectivity index (χ1n) is 5.93. The van der Waals surface area contributed by atoms with Gasteiger partial charge < -0.3 is 14.3 Å².